The Morgan fingerprint density at radius 2 is 1.82 bits per heavy atom. The minimum atomic E-state index is -0.0934. The predicted molar refractivity (Wildman–Crippen MR) is 163 cm³/mol. The fourth-order valence-corrected chi connectivity index (χ4v) is 5.97. The maximum absolute atomic E-state index is 12.7. The van der Waals surface area contributed by atoms with E-state index in [1.807, 2.05) is 24.0 Å². The van der Waals surface area contributed by atoms with E-state index in [4.69, 9.17) is 11.6 Å². The number of likely N-dealkylation sites (N-methyl/N-ethyl adjacent to an activating group) is 1. The first-order valence-electron chi connectivity index (χ1n) is 14.6. The quantitative estimate of drug-likeness (QED) is 0.323. The van der Waals surface area contributed by atoms with Gasteiger partial charge in [0.25, 0.3) is 0 Å². The van der Waals surface area contributed by atoms with Crippen LogP contribution in [-0.4, -0.2) is 68.3 Å². The van der Waals surface area contributed by atoms with E-state index in [0.29, 0.717) is 17.5 Å². The monoisotopic (exact) mass is 553 g/mol. The minimum absolute atomic E-state index is 0.0934. The van der Waals surface area contributed by atoms with Crippen LogP contribution in [0.5, 0.6) is 0 Å². The second kappa shape index (κ2) is 15.5. The molecule has 39 heavy (non-hydrogen) atoms. The average Bonchev–Trinajstić information content (AvgIpc) is 3.63. The molecular formula is C33H48ClN3O2. The van der Waals surface area contributed by atoms with E-state index in [1.54, 1.807) is 6.08 Å². The van der Waals surface area contributed by atoms with E-state index in [1.165, 1.54) is 31.5 Å². The first-order chi connectivity index (χ1) is 18.8. The summed E-state index contributed by atoms with van der Waals surface area (Å²) in [6, 6.07) is 10.9. The normalized spacial score (nSPS) is 24.8. The van der Waals surface area contributed by atoms with Crippen molar-refractivity contribution in [1.29, 1.82) is 0 Å². The van der Waals surface area contributed by atoms with Crippen molar-refractivity contribution in [2.24, 2.45) is 17.3 Å². The summed E-state index contributed by atoms with van der Waals surface area (Å²) in [5.74, 6) is 2.65. The topological polar surface area (TPSA) is 52.7 Å². The second-order valence-corrected chi connectivity index (χ2v) is 12.2. The highest BCUT2D eigenvalue weighted by atomic mass is 35.5. The van der Waals surface area contributed by atoms with Crippen LogP contribution in [0.2, 0.25) is 0 Å². The summed E-state index contributed by atoms with van der Waals surface area (Å²) in [6.45, 7) is 13.9. The van der Waals surface area contributed by atoms with Crippen molar-refractivity contribution >= 4 is 23.8 Å². The molecule has 1 aromatic rings. The average molecular weight is 554 g/mol. The first-order valence-corrected chi connectivity index (χ1v) is 15.0. The van der Waals surface area contributed by atoms with Gasteiger partial charge in [-0.1, -0.05) is 67.6 Å². The third kappa shape index (κ3) is 9.73. The molecule has 3 saturated heterocycles. The molecule has 5 nitrogen and oxygen atoms in total. The lowest BCUT2D eigenvalue weighted by Crippen LogP contribution is -2.43. The Morgan fingerprint density at radius 1 is 1.13 bits per heavy atom. The van der Waals surface area contributed by atoms with Gasteiger partial charge in [-0.25, -0.2) is 0 Å². The second-order valence-electron chi connectivity index (χ2n) is 11.7. The molecule has 1 aromatic carbocycles. The van der Waals surface area contributed by atoms with Gasteiger partial charge in [0.1, 0.15) is 6.29 Å². The molecule has 4 fully saturated rings. The summed E-state index contributed by atoms with van der Waals surface area (Å²) in [7, 11) is 2.21. The van der Waals surface area contributed by atoms with Gasteiger partial charge in [0, 0.05) is 43.6 Å². The first kappa shape index (κ1) is 31.3. The van der Waals surface area contributed by atoms with Crippen molar-refractivity contribution in [3.05, 3.63) is 71.3 Å². The van der Waals surface area contributed by atoms with Crippen molar-refractivity contribution in [1.82, 2.24) is 15.1 Å². The van der Waals surface area contributed by atoms with Crippen molar-refractivity contribution in [3.63, 3.8) is 0 Å². The molecular weight excluding hydrogens is 506 g/mol. The number of hydrogen-bond acceptors (Lipinski definition) is 4. The summed E-state index contributed by atoms with van der Waals surface area (Å²) >= 11 is 5.74. The molecule has 1 spiro atoms. The highest BCUT2D eigenvalue weighted by Crippen LogP contribution is 2.40. The molecule has 2 atom stereocenters. The largest absolute Gasteiger partial charge is 0.338 e. The van der Waals surface area contributed by atoms with Crippen LogP contribution in [0.4, 0.5) is 0 Å². The van der Waals surface area contributed by atoms with Crippen LogP contribution in [0.3, 0.4) is 0 Å². The lowest BCUT2D eigenvalue weighted by atomic mass is 9.78. The summed E-state index contributed by atoms with van der Waals surface area (Å²) < 4.78 is 0. The standard InChI is InChI=1S/C16H23ClN2O.C12H17N.C5H8O/c1-3-14(5-4-13(2)17)12-19-11-8-16(15(19)20)6-9-18-10-7-16;1-10-8-13(2)9-12(10)11-6-4-3-5-7-11;6-4-3-5-1-2-5/h3-5,18H,2,6-12H2,1H3;3-7,10,12H,8-9H2,1-2H3;4-5H,1-3H2/b5-4-,14-3+;;/t;10-,12?;/m.0./s1. The predicted octanol–water partition coefficient (Wildman–Crippen LogP) is 6.18. The molecule has 1 amide bonds. The maximum atomic E-state index is 12.7. The van der Waals surface area contributed by atoms with Gasteiger partial charge in [-0.05, 0) is 88.2 Å². The third-order valence-electron chi connectivity index (χ3n) is 8.53. The maximum Gasteiger partial charge on any atom is 0.229 e. The highest BCUT2D eigenvalue weighted by Gasteiger charge is 2.46. The zero-order chi connectivity index (χ0) is 28.3. The number of halogens is 1. The molecule has 3 aliphatic heterocycles. The number of nitrogens with one attached hydrogen (secondary N) is 1. The molecule has 1 saturated carbocycles. The molecule has 0 bridgehead atoms. The fourth-order valence-electron chi connectivity index (χ4n) is 5.90. The van der Waals surface area contributed by atoms with Crippen LogP contribution >= 0.6 is 11.6 Å². The number of carbonyl (C=O) groups is 2. The molecule has 1 aliphatic carbocycles. The van der Waals surface area contributed by atoms with Gasteiger partial charge in [0.05, 0.1) is 5.41 Å². The lowest BCUT2D eigenvalue weighted by Gasteiger charge is -2.32. The number of likely N-dealkylation sites (tertiary alicyclic amines) is 2. The Bertz CT molecular complexity index is 995. The molecule has 4 aliphatic rings. The van der Waals surface area contributed by atoms with Gasteiger partial charge in [-0.2, -0.15) is 0 Å². The molecule has 1 unspecified atom stereocenters. The minimum Gasteiger partial charge on any atom is -0.338 e. The van der Waals surface area contributed by atoms with E-state index in [0.717, 1.165) is 74.9 Å². The van der Waals surface area contributed by atoms with E-state index in [-0.39, 0.29) is 5.41 Å². The van der Waals surface area contributed by atoms with Crippen molar-refractivity contribution < 1.29 is 9.59 Å². The van der Waals surface area contributed by atoms with E-state index >= 15 is 0 Å². The number of amides is 1. The summed E-state index contributed by atoms with van der Waals surface area (Å²) in [5.41, 5.74) is 2.51. The third-order valence-corrected chi connectivity index (χ3v) is 8.66. The fraction of sp³-hybridized carbons (Fsp3) is 0.576. The van der Waals surface area contributed by atoms with Crippen molar-refractivity contribution in [2.75, 3.05) is 46.3 Å². The summed E-state index contributed by atoms with van der Waals surface area (Å²) in [4.78, 5) is 26.7. The van der Waals surface area contributed by atoms with Crippen molar-refractivity contribution in [3.8, 4) is 0 Å². The number of allylic oxidation sites excluding steroid dienone is 3. The van der Waals surface area contributed by atoms with Crippen LogP contribution in [0, 0.1) is 17.3 Å². The Morgan fingerprint density at radius 3 is 2.33 bits per heavy atom. The highest BCUT2D eigenvalue weighted by molar-refractivity contribution is 6.30. The van der Waals surface area contributed by atoms with Gasteiger partial charge in [-0.15, -0.1) is 0 Å². The van der Waals surface area contributed by atoms with Crippen LogP contribution in [0.1, 0.15) is 63.9 Å². The number of piperidine rings is 1. The van der Waals surface area contributed by atoms with Crippen molar-refractivity contribution in [2.45, 2.75) is 58.3 Å². The number of hydrogen-bond donors (Lipinski definition) is 1. The number of nitrogens with zero attached hydrogens (tertiary/aromatic N) is 2. The SMILES string of the molecule is C=C(Cl)/C=C\C(=C/C)CN1CCC2(CCNCC2)C1=O.C[C@H]1CN(C)CC1c1ccccc1.O=CCC1CC1. The van der Waals surface area contributed by atoms with E-state index in [2.05, 4.69) is 61.1 Å². The van der Waals surface area contributed by atoms with Gasteiger partial charge >= 0.3 is 0 Å². The van der Waals surface area contributed by atoms with Gasteiger partial charge < -0.3 is 19.9 Å². The van der Waals surface area contributed by atoms with Gasteiger partial charge in [0.2, 0.25) is 5.91 Å². The molecule has 5 rings (SSSR count). The van der Waals surface area contributed by atoms with Crippen LogP contribution in [0.15, 0.2) is 65.7 Å². The smallest absolute Gasteiger partial charge is 0.229 e. The van der Waals surface area contributed by atoms with E-state index in [9.17, 15) is 9.59 Å². The number of benzene rings is 1. The Balaban J connectivity index is 0.000000187. The number of rotatable bonds is 7. The molecule has 0 aromatic heterocycles. The van der Waals surface area contributed by atoms with Gasteiger partial charge in [-0.3, -0.25) is 4.79 Å². The molecule has 1 N–H and O–H groups in total. The zero-order valence-electron chi connectivity index (χ0n) is 24.2. The Hall–Kier alpha value is -2.21. The van der Waals surface area contributed by atoms with E-state index < -0.39 is 0 Å². The molecule has 214 valence electrons. The Kier molecular flexibility index (Phi) is 12.5. The summed E-state index contributed by atoms with van der Waals surface area (Å²) in [5, 5.41) is 3.84. The van der Waals surface area contributed by atoms with Crippen LogP contribution in [0.25, 0.3) is 0 Å². The Labute approximate surface area is 241 Å². The van der Waals surface area contributed by atoms with Crippen LogP contribution in [-0.2, 0) is 9.59 Å². The lowest BCUT2D eigenvalue weighted by molar-refractivity contribution is -0.136. The molecule has 3 heterocycles. The summed E-state index contributed by atoms with van der Waals surface area (Å²) in [6.07, 6.45) is 13.1. The molecule has 6 heteroatoms. The molecule has 0 radical (unpaired) electrons. The van der Waals surface area contributed by atoms with Gasteiger partial charge in [0.15, 0.2) is 0 Å². The zero-order valence-corrected chi connectivity index (χ0v) is 25.0. The van der Waals surface area contributed by atoms with Crippen LogP contribution < -0.4 is 5.32 Å². The number of carbonyl (C=O) groups excluding carboxylic acids is 2. The number of aldehydes is 1.